The van der Waals surface area contributed by atoms with E-state index in [1.807, 2.05) is 0 Å². The topological polar surface area (TPSA) is 62.2 Å². The Morgan fingerprint density at radius 3 is 1.07 bits per heavy atom. The SMILES string of the molecule is Cc1cc(-c2ccccc2-c2cc(N3CCCC3)cc(-c3ccccc3-c3cc(C)cc(C45CC6(C)CC(C)(CC(C)(C6)C4)C5)c3[O-])n2)c([O-])c(C23CC4(C)CC(C)(CC(C)(C4)C2)C3)c1.[CH3][Hf+2][CH3]. The molecule has 5 aromatic rings. The standard InChI is InChI=1S/C61H72N2O2.2CH3.Hf/c1-39-21-46(52(64)48(23-39)60-33-54(3)27-55(4,34-60)29-56(5,28-54)35-60)42-15-9-11-17-44(42)50-25-41(63-19-13-14-20-63)26-51(62-50)45-18-12-10-16-43(45)47-22-40(2)24-49(53(47)65)61-36-57(6)30-58(7,37-61)32-59(8,31-57)38-61;;;/h9-12,15-18,21-26,64-65H,13-14,19-20,27-38H2,1-8H3;2*1H3;/q;;;+2/p-2. The van der Waals surface area contributed by atoms with E-state index in [1.54, 1.807) is 0 Å². The van der Waals surface area contributed by atoms with Crippen molar-refractivity contribution in [2.75, 3.05) is 18.0 Å². The van der Waals surface area contributed by atoms with Crippen molar-refractivity contribution < 1.29 is 33.1 Å². The van der Waals surface area contributed by atoms with Crippen molar-refractivity contribution in [3.8, 4) is 56.3 Å². The van der Waals surface area contributed by atoms with Gasteiger partial charge >= 0.3 is 32.3 Å². The fourth-order valence-corrected chi connectivity index (χ4v) is 19.7. The molecular weight excluding hydrogens is 995 g/mol. The molecule has 0 atom stereocenters. The van der Waals surface area contributed by atoms with Crippen molar-refractivity contribution in [2.24, 2.45) is 32.5 Å². The van der Waals surface area contributed by atoms with Crippen molar-refractivity contribution in [1.29, 1.82) is 0 Å². The van der Waals surface area contributed by atoms with Crippen LogP contribution in [0.15, 0.2) is 84.9 Å². The van der Waals surface area contributed by atoms with Gasteiger partial charge in [0.15, 0.2) is 0 Å². The molecule has 68 heavy (non-hydrogen) atoms. The summed E-state index contributed by atoms with van der Waals surface area (Å²) in [7, 11) is 0. The molecule has 354 valence electrons. The van der Waals surface area contributed by atoms with E-state index in [-0.39, 0.29) is 77.7 Å². The molecule has 1 aliphatic heterocycles. The van der Waals surface area contributed by atoms with Gasteiger partial charge in [-0.15, -0.1) is 0 Å². The number of rotatable bonds is 7. The van der Waals surface area contributed by atoms with Gasteiger partial charge in [-0.1, -0.05) is 137 Å². The first-order valence-corrected chi connectivity index (χ1v) is 33.5. The Morgan fingerprint density at radius 2 is 0.750 bits per heavy atom. The van der Waals surface area contributed by atoms with Crippen LogP contribution >= 0.6 is 0 Å². The predicted molar refractivity (Wildman–Crippen MR) is 275 cm³/mol. The number of nitrogens with zero attached hydrogens (tertiary/aromatic N) is 2. The van der Waals surface area contributed by atoms with Gasteiger partial charge in [0.1, 0.15) is 0 Å². The minimum atomic E-state index is -0.0930. The summed E-state index contributed by atoms with van der Waals surface area (Å²) in [6.07, 6.45) is 16.6. The molecule has 8 bridgehead atoms. The number of pyridine rings is 1. The van der Waals surface area contributed by atoms with Crippen molar-refractivity contribution in [3.63, 3.8) is 0 Å². The Morgan fingerprint density at radius 1 is 0.441 bits per heavy atom. The van der Waals surface area contributed by atoms with Crippen LogP contribution in [0.4, 0.5) is 5.69 Å². The maximum absolute atomic E-state index is 15.4. The Balaban J connectivity index is 0.00000165. The molecule has 0 N–H and O–H groups in total. The van der Waals surface area contributed by atoms with Crippen LogP contribution in [0.5, 0.6) is 11.5 Å². The molecule has 9 fully saturated rings. The summed E-state index contributed by atoms with van der Waals surface area (Å²) in [6, 6.07) is 30.4. The van der Waals surface area contributed by atoms with Crippen LogP contribution in [0.1, 0.15) is 154 Å². The van der Waals surface area contributed by atoms with Crippen LogP contribution in [0.25, 0.3) is 44.8 Å². The van der Waals surface area contributed by atoms with Crippen LogP contribution in [-0.2, 0) is 33.7 Å². The third-order valence-electron chi connectivity index (χ3n) is 18.6. The molecule has 2 heterocycles. The van der Waals surface area contributed by atoms with Gasteiger partial charge < -0.3 is 15.1 Å². The monoisotopic (exact) mass is 1070 g/mol. The molecule has 4 aromatic carbocycles. The number of aromatic nitrogens is 1. The van der Waals surface area contributed by atoms with Crippen molar-refractivity contribution in [3.05, 3.63) is 107 Å². The van der Waals surface area contributed by atoms with Gasteiger partial charge in [-0.25, -0.2) is 4.98 Å². The Hall–Kier alpha value is -3.70. The van der Waals surface area contributed by atoms with Gasteiger partial charge in [0.2, 0.25) is 0 Å². The van der Waals surface area contributed by atoms with Crippen LogP contribution in [0.2, 0.25) is 9.36 Å². The second-order valence-corrected chi connectivity index (χ2v) is 30.4. The molecule has 0 amide bonds. The van der Waals surface area contributed by atoms with E-state index >= 15 is 10.2 Å². The average molecular weight is 1070 g/mol. The molecule has 1 aromatic heterocycles. The summed E-state index contributed by atoms with van der Waals surface area (Å²) in [4.78, 5) is 8.10. The van der Waals surface area contributed by atoms with Gasteiger partial charge in [-0.05, 0) is 193 Å². The number of benzene rings is 4. The van der Waals surface area contributed by atoms with Crippen molar-refractivity contribution in [1.82, 2.24) is 4.98 Å². The molecule has 5 heteroatoms. The zero-order valence-electron chi connectivity index (χ0n) is 43.1. The summed E-state index contributed by atoms with van der Waals surface area (Å²) >= 11 is 0.0833. The summed E-state index contributed by atoms with van der Waals surface area (Å²) in [5.41, 5.74) is 14.2. The van der Waals surface area contributed by atoms with Gasteiger partial charge in [-0.3, -0.25) is 0 Å². The zero-order chi connectivity index (χ0) is 47.9. The quantitative estimate of drug-likeness (QED) is 0.152. The molecule has 8 aliphatic carbocycles. The molecule has 0 spiro atoms. The maximum atomic E-state index is 15.4. The fraction of sp³-hybridized carbons (Fsp3) is 0.540. The normalized spacial score (nSPS) is 35.1. The molecular formula is C63H76HfN2O2. The van der Waals surface area contributed by atoms with Gasteiger partial charge in [0.25, 0.3) is 0 Å². The van der Waals surface area contributed by atoms with E-state index < -0.39 is 0 Å². The average Bonchev–Trinajstić information content (AvgIpc) is 3.78. The third kappa shape index (κ3) is 7.79. The van der Waals surface area contributed by atoms with E-state index in [1.165, 1.54) is 38.5 Å². The first kappa shape index (κ1) is 46.7. The number of aryl methyl sites for hydroxylation is 2. The van der Waals surface area contributed by atoms with E-state index in [0.29, 0.717) is 0 Å². The van der Waals surface area contributed by atoms with Crippen LogP contribution < -0.4 is 15.1 Å². The predicted octanol–water partition coefficient (Wildman–Crippen LogP) is 15.6. The number of anilines is 1. The summed E-state index contributed by atoms with van der Waals surface area (Å²) in [6.45, 7) is 21.5. The van der Waals surface area contributed by atoms with E-state index in [2.05, 4.69) is 155 Å². The van der Waals surface area contributed by atoms with Gasteiger partial charge in [0.05, 0.1) is 11.4 Å². The molecule has 8 saturated carbocycles. The Kier molecular flexibility index (Phi) is 10.9. The number of hydrogen-bond donors (Lipinski definition) is 0. The number of hydrogen-bond acceptors (Lipinski definition) is 4. The molecule has 1 saturated heterocycles. The summed E-state index contributed by atoms with van der Waals surface area (Å²) in [5.74, 6) is 0.410. The Labute approximate surface area is 420 Å². The molecule has 0 radical (unpaired) electrons. The van der Waals surface area contributed by atoms with E-state index in [4.69, 9.17) is 4.98 Å². The van der Waals surface area contributed by atoms with Crippen LogP contribution in [0, 0.1) is 46.3 Å². The molecule has 14 rings (SSSR count). The second kappa shape index (κ2) is 15.9. The molecule has 4 nitrogen and oxygen atoms in total. The van der Waals surface area contributed by atoms with E-state index in [9.17, 15) is 0 Å². The first-order chi connectivity index (χ1) is 32.1. The van der Waals surface area contributed by atoms with Crippen LogP contribution in [-0.4, -0.2) is 18.1 Å². The van der Waals surface area contributed by atoms with E-state index in [0.717, 1.165) is 137 Å². The second-order valence-electron chi connectivity index (χ2n) is 26.8. The Bertz CT molecular complexity index is 2550. The van der Waals surface area contributed by atoms with Gasteiger partial charge in [0, 0.05) is 29.9 Å². The van der Waals surface area contributed by atoms with Gasteiger partial charge in [-0.2, -0.15) is 0 Å². The summed E-state index contributed by atoms with van der Waals surface area (Å²) in [5, 5.41) is 30.8. The third-order valence-corrected chi connectivity index (χ3v) is 18.6. The minimum absolute atomic E-state index is 0.0833. The fourth-order valence-electron chi connectivity index (χ4n) is 19.7. The van der Waals surface area contributed by atoms with Crippen LogP contribution in [0.3, 0.4) is 0 Å². The first-order valence-electron chi connectivity index (χ1n) is 26.3. The summed E-state index contributed by atoms with van der Waals surface area (Å²) < 4.78 is 4.64. The van der Waals surface area contributed by atoms with Crippen molar-refractivity contribution in [2.45, 2.75) is 165 Å². The van der Waals surface area contributed by atoms with Crippen molar-refractivity contribution >= 4 is 5.69 Å². The zero-order valence-corrected chi connectivity index (χ0v) is 46.7. The molecule has 0 unspecified atom stereocenters. The molecule has 9 aliphatic rings.